The largest absolute Gasteiger partial charge is 0.472 e. The van der Waals surface area contributed by atoms with Crippen molar-refractivity contribution < 1.29 is 80.2 Å². The fourth-order valence-electron chi connectivity index (χ4n) is 9.09. The molecule has 6 atom stereocenters. The van der Waals surface area contributed by atoms with Crippen LogP contribution in [0.2, 0.25) is 0 Å². The van der Waals surface area contributed by atoms with Gasteiger partial charge in [0.2, 0.25) is 0 Å². The van der Waals surface area contributed by atoms with Crippen molar-refractivity contribution in [2.75, 3.05) is 39.6 Å². The van der Waals surface area contributed by atoms with Crippen LogP contribution < -0.4 is 0 Å². The topological polar surface area (TPSA) is 237 Å². The van der Waals surface area contributed by atoms with Crippen LogP contribution in [0.5, 0.6) is 0 Å². The summed E-state index contributed by atoms with van der Waals surface area (Å²) in [7, 11) is -9.88. The Kier molecular flexibility index (Phi) is 52.2. The van der Waals surface area contributed by atoms with E-state index in [1.807, 2.05) is 0 Å². The number of phosphoric ester groups is 2. The SMILES string of the molecule is CCCCCCCCCCC(=O)OC[C@H](COP(=O)(O)OC[C@H](O)COP(=O)(O)OC[C@@H](COC(=O)CCCCCCCCCCC(C)C)OC(=O)CCCCCCCCCCCC(C)C)OC(=O)CCCCCCCCC(C)CC. The van der Waals surface area contributed by atoms with Gasteiger partial charge >= 0.3 is 39.5 Å². The van der Waals surface area contributed by atoms with Crippen molar-refractivity contribution in [3.8, 4) is 0 Å². The summed E-state index contributed by atoms with van der Waals surface area (Å²) in [6, 6.07) is 0. The minimum Gasteiger partial charge on any atom is -0.462 e. The molecule has 0 aliphatic rings. The van der Waals surface area contributed by atoms with Gasteiger partial charge < -0.3 is 33.8 Å². The second kappa shape index (κ2) is 53.5. The van der Waals surface area contributed by atoms with Crippen LogP contribution >= 0.6 is 15.6 Å². The van der Waals surface area contributed by atoms with E-state index in [4.69, 9.17) is 37.0 Å². The molecular formula is C62H120O17P2. The lowest BCUT2D eigenvalue weighted by Gasteiger charge is -2.21. The number of carbonyl (C=O) groups is 4. The van der Waals surface area contributed by atoms with Crippen LogP contribution in [0.15, 0.2) is 0 Å². The Morgan fingerprint density at radius 3 is 0.938 bits per heavy atom. The fraction of sp³-hybridized carbons (Fsp3) is 0.935. The molecule has 0 saturated carbocycles. The summed E-state index contributed by atoms with van der Waals surface area (Å²) in [4.78, 5) is 72.0. The summed E-state index contributed by atoms with van der Waals surface area (Å²) < 4.78 is 67.8. The molecule has 81 heavy (non-hydrogen) atoms. The molecule has 0 heterocycles. The highest BCUT2D eigenvalue weighted by Crippen LogP contribution is 2.45. The zero-order valence-electron chi connectivity index (χ0n) is 52.2. The number of aliphatic hydroxyl groups is 1. The van der Waals surface area contributed by atoms with Crippen LogP contribution in [0, 0.1) is 17.8 Å². The average Bonchev–Trinajstić information content (AvgIpc) is 3.42. The quantitative estimate of drug-likeness (QED) is 0.0222. The van der Waals surface area contributed by atoms with E-state index >= 15 is 0 Å². The maximum absolute atomic E-state index is 13.0. The van der Waals surface area contributed by atoms with Gasteiger partial charge in [-0.3, -0.25) is 37.3 Å². The summed E-state index contributed by atoms with van der Waals surface area (Å²) in [6.07, 6.45) is 33.6. The maximum Gasteiger partial charge on any atom is 0.472 e. The number of esters is 4. The molecule has 3 N–H and O–H groups in total. The number of unbranched alkanes of at least 4 members (excludes halogenated alkanes) is 27. The normalized spacial score (nSPS) is 14.8. The van der Waals surface area contributed by atoms with E-state index in [9.17, 15) is 43.2 Å². The molecule has 480 valence electrons. The van der Waals surface area contributed by atoms with Gasteiger partial charge in [0, 0.05) is 25.7 Å². The molecule has 0 saturated heterocycles. The molecule has 0 amide bonds. The van der Waals surface area contributed by atoms with E-state index in [1.54, 1.807) is 0 Å². The predicted octanol–water partition coefficient (Wildman–Crippen LogP) is 16.7. The van der Waals surface area contributed by atoms with Crippen molar-refractivity contribution in [1.82, 2.24) is 0 Å². The molecule has 19 heteroatoms. The second-order valence-corrected chi connectivity index (χ2v) is 26.5. The van der Waals surface area contributed by atoms with Crippen LogP contribution in [-0.4, -0.2) is 96.7 Å². The Morgan fingerprint density at radius 1 is 0.358 bits per heavy atom. The highest BCUT2D eigenvalue weighted by Gasteiger charge is 2.30. The van der Waals surface area contributed by atoms with Gasteiger partial charge in [0.1, 0.15) is 19.3 Å². The third kappa shape index (κ3) is 55.7. The number of carbonyl (C=O) groups excluding carboxylic acids is 4. The van der Waals surface area contributed by atoms with Crippen LogP contribution in [0.25, 0.3) is 0 Å². The van der Waals surface area contributed by atoms with E-state index in [0.717, 1.165) is 114 Å². The standard InChI is InChI=1S/C62H120O17P2/c1-8-10-11-12-13-21-29-36-43-59(64)72-50-58(79-62(67)46-39-32-25-24-28-35-42-55(7)9-2)52-77-81(70,71)75-48-56(63)47-74-80(68,69)76-51-57(49-73-60(65)44-37-30-22-18-17-20-27-34-41-54(5)6)78-61(66)45-38-31-23-16-14-15-19-26-33-40-53(3)4/h53-58,63H,8-52H2,1-7H3,(H,68,69)(H,70,71)/t55?,56-,57-,58-/m1/s1. The summed E-state index contributed by atoms with van der Waals surface area (Å²) in [5, 5.41) is 10.5. The number of phosphoric acid groups is 2. The third-order valence-corrected chi connectivity index (χ3v) is 16.4. The lowest BCUT2D eigenvalue weighted by atomic mass is 10.00. The van der Waals surface area contributed by atoms with Gasteiger partial charge in [-0.15, -0.1) is 0 Å². The fourth-order valence-corrected chi connectivity index (χ4v) is 10.7. The molecule has 0 rings (SSSR count). The van der Waals surface area contributed by atoms with Crippen LogP contribution in [0.4, 0.5) is 0 Å². The van der Waals surface area contributed by atoms with Gasteiger partial charge in [0.15, 0.2) is 12.2 Å². The van der Waals surface area contributed by atoms with Gasteiger partial charge in [-0.2, -0.15) is 0 Å². The van der Waals surface area contributed by atoms with E-state index in [0.29, 0.717) is 25.7 Å². The van der Waals surface area contributed by atoms with Crippen molar-refractivity contribution in [2.45, 2.75) is 317 Å². The van der Waals surface area contributed by atoms with Crippen LogP contribution in [-0.2, 0) is 65.4 Å². The molecule has 0 spiro atoms. The number of hydrogen-bond donors (Lipinski definition) is 3. The molecule has 3 unspecified atom stereocenters. The Balaban J connectivity index is 5.25. The zero-order chi connectivity index (χ0) is 60.3. The Hall–Kier alpha value is -1.94. The highest BCUT2D eigenvalue weighted by molar-refractivity contribution is 7.47. The molecule has 0 aromatic carbocycles. The number of hydrogen-bond acceptors (Lipinski definition) is 15. The summed E-state index contributed by atoms with van der Waals surface area (Å²) >= 11 is 0. The first-order chi connectivity index (χ1) is 38.8. The molecule has 0 bridgehead atoms. The predicted molar refractivity (Wildman–Crippen MR) is 321 cm³/mol. The molecule has 0 aliphatic heterocycles. The molecule has 17 nitrogen and oxygen atoms in total. The minimum atomic E-state index is -4.94. The maximum atomic E-state index is 13.0. The monoisotopic (exact) mass is 1200 g/mol. The highest BCUT2D eigenvalue weighted by atomic mass is 31.2. The molecular weight excluding hydrogens is 1080 g/mol. The van der Waals surface area contributed by atoms with E-state index in [-0.39, 0.29) is 25.7 Å². The van der Waals surface area contributed by atoms with Crippen molar-refractivity contribution in [2.24, 2.45) is 17.8 Å². The smallest absolute Gasteiger partial charge is 0.462 e. The Bertz CT molecular complexity index is 1620. The first kappa shape index (κ1) is 79.1. The zero-order valence-corrected chi connectivity index (χ0v) is 54.0. The molecule has 0 aromatic heterocycles. The van der Waals surface area contributed by atoms with Gasteiger partial charge in [-0.05, 0) is 43.4 Å². The number of aliphatic hydroxyl groups excluding tert-OH is 1. The minimum absolute atomic E-state index is 0.102. The van der Waals surface area contributed by atoms with E-state index < -0.39 is 97.5 Å². The van der Waals surface area contributed by atoms with Crippen LogP contribution in [0.3, 0.4) is 0 Å². The first-order valence-corrected chi connectivity index (χ1v) is 35.4. The summed E-state index contributed by atoms with van der Waals surface area (Å²) in [5.41, 5.74) is 0. The lowest BCUT2D eigenvalue weighted by molar-refractivity contribution is -0.161. The molecule has 0 aliphatic carbocycles. The van der Waals surface area contributed by atoms with Crippen LogP contribution in [0.1, 0.15) is 299 Å². The van der Waals surface area contributed by atoms with Crippen molar-refractivity contribution in [3.63, 3.8) is 0 Å². The second-order valence-electron chi connectivity index (χ2n) is 23.6. The lowest BCUT2D eigenvalue weighted by Crippen LogP contribution is -2.30. The summed E-state index contributed by atoms with van der Waals surface area (Å²) in [5.74, 6) is 0.0392. The van der Waals surface area contributed by atoms with E-state index in [2.05, 4.69) is 48.5 Å². The molecule has 0 fully saturated rings. The summed E-state index contributed by atoms with van der Waals surface area (Å²) in [6.45, 7) is 11.6. The van der Waals surface area contributed by atoms with E-state index in [1.165, 1.54) is 103 Å². The average molecular weight is 1200 g/mol. The number of ether oxygens (including phenoxy) is 4. The third-order valence-electron chi connectivity index (χ3n) is 14.5. The van der Waals surface area contributed by atoms with Gasteiger partial charge in [-0.1, -0.05) is 248 Å². The van der Waals surface area contributed by atoms with Crippen molar-refractivity contribution >= 4 is 39.5 Å². The van der Waals surface area contributed by atoms with Gasteiger partial charge in [-0.25, -0.2) is 9.13 Å². The van der Waals surface area contributed by atoms with Gasteiger partial charge in [0.05, 0.1) is 26.4 Å². The van der Waals surface area contributed by atoms with Gasteiger partial charge in [0.25, 0.3) is 0 Å². The Morgan fingerprint density at radius 2 is 0.630 bits per heavy atom. The van der Waals surface area contributed by atoms with Crippen molar-refractivity contribution in [3.05, 3.63) is 0 Å². The Labute approximate surface area is 492 Å². The number of rotatable bonds is 60. The molecule has 0 aromatic rings. The molecule has 0 radical (unpaired) electrons. The first-order valence-electron chi connectivity index (χ1n) is 32.4. The van der Waals surface area contributed by atoms with Crippen molar-refractivity contribution in [1.29, 1.82) is 0 Å².